The van der Waals surface area contributed by atoms with Crippen LogP contribution in [0.15, 0.2) is 77.7 Å². The molecular formula is C28H22F7NO5S. The van der Waals surface area contributed by atoms with E-state index >= 15 is 0 Å². The highest BCUT2D eigenvalue weighted by Gasteiger charge is 2.73. The van der Waals surface area contributed by atoms with E-state index in [-0.39, 0.29) is 16.7 Å². The lowest BCUT2D eigenvalue weighted by atomic mass is 9.88. The zero-order valence-electron chi connectivity index (χ0n) is 21.3. The van der Waals surface area contributed by atoms with Crippen LogP contribution in [0.3, 0.4) is 0 Å². The molecule has 2 N–H and O–H groups in total. The molecule has 0 heterocycles. The average molecular weight is 618 g/mol. The molecule has 3 aromatic rings. The predicted octanol–water partition coefficient (Wildman–Crippen LogP) is 5.42. The van der Waals surface area contributed by atoms with E-state index in [0.717, 1.165) is 42.5 Å². The molecule has 0 aromatic heterocycles. The van der Waals surface area contributed by atoms with Crippen molar-refractivity contribution in [2.45, 2.75) is 59.3 Å². The normalized spacial score (nSPS) is 21.7. The Morgan fingerprint density at radius 1 is 0.881 bits per heavy atom. The molecule has 2 atom stereocenters. The lowest BCUT2D eigenvalue weighted by molar-refractivity contribution is -0.392. The van der Waals surface area contributed by atoms with Gasteiger partial charge in [0.25, 0.3) is 5.60 Å². The Balaban J connectivity index is 1.83. The molecule has 0 saturated heterocycles. The second-order valence-electron chi connectivity index (χ2n) is 9.85. The summed E-state index contributed by atoms with van der Waals surface area (Å²) in [6, 6.07) is 12.4. The van der Waals surface area contributed by atoms with Gasteiger partial charge in [-0.3, -0.25) is 0 Å². The van der Waals surface area contributed by atoms with E-state index in [9.17, 15) is 49.4 Å². The van der Waals surface area contributed by atoms with Crippen LogP contribution in [0.1, 0.15) is 35.1 Å². The van der Waals surface area contributed by atoms with Crippen molar-refractivity contribution >= 4 is 9.84 Å². The maximum Gasteiger partial charge on any atom is 0.430 e. The fourth-order valence-electron chi connectivity index (χ4n) is 5.15. The SMILES string of the molecule is N#Cc1cccc(COC(c2ccc(C3(S(=O)(=O)c4ccc(F)cc4)CC(O)C(O)C3)cc2)(C(F)(F)F)C(F)(F)F)c1. The van der Waals surface area contributed by atoms with Crippen molar-refractivity contribution in [2.75, 3.05) is 0 Å². The van der Waals surface area contributed by atoms with E-state index in [0.29, 0.717) is 12.1 Å². The minimum Gasteiger partial charge on any atom is -0.390 e. The molecule has 1 fully saturated rings. The highest BCUT2D eigenvalue weighted by atomic mass is 32.2. The number of nitriles is 1. The molecule has 3 aromatic carbocycles. The molecule has 0 radical (unpaired) electrons. The molecule has 6 nitrogen and oxygen atoms in total. The fourth-order valence-corrected chi connectivity index (χ4v) is 7.32. The molecule has 1 saturated carbocycles. The lowest BCUT2D eigenvalue weighted by Crippen LogP contribution is -2.55. The van der Waals surface area contributed by atoms with Crippen LogP contribution in [-0.4, -0.2) is 43.2 Å². The van der Waals surface area contributed by atoms with Gasteiger partial charge in [-0.25, -0.2) is 12.8 Å². The summed E-state index contributed by atoms with van der Waals surface area (Å²) in [6.07, 6.45) is -16.5. The van der Waals surface area contributed by atoms with Gasteiger partial charge in [0.05, 0.1) is 35.3 Å². The van der Waals surface area contributed by atoms with Crippen LogP contribution in [0.2, 0.25) is 0 Å². The first-order valence-electron chi connectivity index (χ1n) is 12.2. The van der Waals surface area contributed by atoms with Crippen LogP contribution in [-0.2, 0) is 31.5 Å². The summed E-state index contributed by atoms with van der Waals surface area (Å²) < 4.78 is 129. The number of hydrogen-bond acceptors (Lipinski definition) is 6. The van der Waals surface area contributed by atoms with Gasteiger partial charge in [0.1, 0.15) is 10.6 Å². The largest absolute Gasteiger partial charge is 0.430 e. The molecule has 0 bridgehead atoms. The third-order valence-corrected chi connectivity index (χ3v) is 9.78. The summed E-state index contributed by atoms with van der Waals surface area (Å²) in [5.41, 5.74) is -6.71. The van der Waals surface area contributed by atoms with Crippen LogP contribution in [0.4, 0.5) is 30.7 Å². The van der Waals surface area contributed by atoms with E-state index in [1.807, 2.05) is 0 Å². The third-order valence-electron chi connectivity index (χ3n) is 7.29. The first-order chi connectivity index (χ1) is 19.5. The van der Waals surface area contributed by atoms with Crippen molar-refractivity contribution in [2.24, 2.45) is 0 Å². The van der Waals surface area contributed by atoms with Crippen molar-refractivity contribution in [3.63, 3.8) is 0 Å². The number of alkyl halides is 6. The minimum atomic E-state index is -6.04. The number of aliphatic hydroxyl groups excluding tert-OH is 2. The van der Waals surface area contributed by atoms with Gasteiger partial charge in [-0.1, -0.05) is 36.4 Å². The molecule has 42 heavy (non-hydrogen) atoms. The molecule has 0 spiro atoms. The van der Waals surface area contributed by atoms with Gasteiger partial charge in [-0.15, -0.1) is 0 Å². The van der Waals surface area contributed by atoms with Gasteiger partial charge in [-0.2, -0.15) is 31.6 Å². The summed E-state index contributed by atoms with van der Waals surface area (Å²) in [6.45, 7) is -1.18. The number of hydrogen-bond donors (Lipinski definition) is 2. The van der Waals surface area contributed by atoms with Crippen LogP contribution in [0, 0.1) is 17.1 Å². The number of sulfone groups is 1. The van der Waals surface area contributed by atoms with Gasteiger partial charge in [0.2, 0.25) is 0 Å². The summed E-state index contributed by atoms with van der Waals surface area (Å²) >= 11 is 0. The molecule has 1 aliphatic rings. The number of nitrogens with zero attached hydrogens (tertiary/aromatic N) is 1. The molecule has 0 aliphatic heterocycles. The van der Waals surface area contributed by atoms with Gasteiger partial charge < -0.3 is 14.9 Å². The van der Waals surface area contributed by atoms with Gasteiger partial charge in [-0.05, 0) is 60.4 Å². The zero-order valence-corrected chi connectivity index (χ0v) is 22.1. The summed E-state index contributed by atoms with van der Waals surface area (Å²) in [5.74, 6) is -0.770. The second kappa shape index (κ2) is 11.0. The van der Waals surface area contributed by atoms with E-state index in [2.05, 4.69) is 4.74 Å². The standard InChI is InChI=1S/C28H22F7NO5S/c29-21-8-10-22(11-9-21)42(39,40)25(13-23(37)24(38)14-25)19-4-6-20(7-5-19)26(27(30,31)32,28(33,34)35)41-16-18-3-1-2-17(12-18)15-36/h1-12,23-24,37-38H,13-14,16H2. The van der Waals surface area contributed by atoms with E-state index < -0.39 is 80.5 Å². The molecule has 14 heteroatoms. The van der Waals surface area contributed by atoms with Crippen molar-refractivity contribution in [1.29, 1.82) is 5.26 Å². The highest BCUT2D eigenvalue weighted by Crippen LogP contribution is 2.54. The van der Waals surface area contributed by atoms with Crippen molar-refractivity contribution in [1.82, 2.24) is 0 Å². The third kappa shape index (κ3) is 5.26. The molecule has 224 valence electrons. The average Bonchev–Trinajstić information content (AvgIpc) is 3.23. The van der Waals surface area contributed by atoms with Crippen molar-refractivity contribution in [3.05, 3.63) is 101 Å². The molecule has 4 rings (SSSR count). The highest BCUT2D eigenvalue weighted by molar-refractivity contribution is 7.92. The summed E-state index contributed by atoms with van der Waals surface area (Å²) in [5, 5.41) is 29.5. The summed E-state index contributed by atoms with van der Waals surface area (Å²) in [4.78, 5) is -0.433. The first-order valence-corrected chi connectivity index (χ1v) is 13.7. The summed E-state index contributed by atoms with van der Waals surface area (Å²) in [7, 11) is -4.58. The smallest absolute Gasteiger partial charge is 0.390 e. The Morgan fingerprint density at radius 2 is 1.43 bits per heavy atom. The predicted molar refractivity (Wildman–Crippen MR) is 133 cm³/mol. The number of aliphatic hydroxyl groups is 2. The van der Waals surface area contributed by atoms with Crippen LogP contribution in [0.5, 0.6) is 0 Å². The van der Waals surface area contributed by atoms with E-state index in [1.165, 1.54) is 18.2 Å². The Bertz CT molecular complexity index is 1560. The molecule has 1 aliphatic carbocycles. The minimum absolute atomic E-state index is 0.0151. The Hall–Kier alpha value is -3.51. The Labute approximate surface area is 235 Å². The van der Waals surface area contributed by atoms with Crippen LogP contribution < -0.4 is 0 Å². The van der Waals surface area contributed by atoms with Crippen LogP contribution >= 0.6 is 0 Å². The van der Waals surface area contributed by atoms with Gasteiger partial charge in [0.15, 0.2) is 9.84 Å². The van der Waals surface area contributed by atoms with Crippen molar-refractivity contribution in [3.8, 4) is 6.07 Å². The Kier molecular flexibility index (Phi) is 8.20. The zero-order chi connectivity index (χ0) is 31.1. The first kappa shape index (κ1) is 31.4. The fraction of sp³-hybridized carbons (Fsp3) is 0.321. The number of ether oxygens (including phenoxy) is 1. The number of rotatable bonds is 7. The molecular weight excluding hydrogens is 595 g/mol. The molecule has 0 amide bonds. The number of benzene rings is 3. The monoisotopic (exact) mass is 617 g/mol. The lowest BCUT2D eigenvalue weighted by Gasteiger charge is -2.38. The van der Waals surface area contributed by atoms with Crippen LogP contribution in [0.25, 0.3) is 0 Å². The maximum atomic E-state index is 14.3. The Morgan fingerprint density at radius 3 is 1.93 bits per heavy atom. The number of halogens is 7. The second-order valence-corrected chi connectivity index (χ2v) is 12.1. The topological polar surface area (TPSA) is 108 Å². The molecule has 2 unspecified atom stereocenters. The van der Waals surface area contributed by atoms with Gasteiger partial charge >= 0.3 is 12.4 Å². The van der Waals surface area contributed by atoms with Gasteiger partial charge in [0, 0.05) is 5.56 Å². The van der Waals surface area contributed by atoms with Crippen molar-refractivity contribution < 1.29 is 54.1 Å². The van der Waals surface area contributed by atoms with E-state index in [1.54, 1.807) is 6.07 Å². The quantitative estimate of drug-likeness (QED) is 0.271. The maximum absolute atomic E-state index is 14.3. The van der Waals surface area contributed by atoms with E-state index in [4.69, 9.17) is 5.26 Å².